The topological polar surface area (TPSA) is 20.2 Å². The molecule has 0 spiro atoms. The molecule has 1 heterocycles. The number of aryl methyl sites for hydroxylation is 2. The largest absolute Gasteiger partial charge is 0.388 e. The Kier molecular flexibility index (Phi) is 3.42. The molecule has 1 aliphatic rings. The van der Waals surface area contributed by atoms with Gasteiger partial charge in [0.2, 0.25) is 0 Å². The number of hydrogen-bond donors (Lipinski definition) is 1. The minimum atomic E-state index is -0.533. The predicted molar refractivity (Wildman–Crippen MR) is 76.1 cm³/mol. The van der Waals surface area contributed by atoms with Crippen LogP contribution in [0.4, 0.5) is 4.39 Å². The van der Waals surface area contributed by atoms with E-state index in [9.17, 15) is 9.50 Å². The highest BCUT2D eigenvalue weighted by Crippen LogP contribution is 2.42. The molecule has 0 fully saturated rings. The van der Waals surface area contributed by atoms with Gasteiger partial charge in [0.05, 0.1) is 6.10 Å². The molecular weight excluding hydrogens is 259 g/mol. The van der Waals surface area contributed by atoms with E-state index in [2.05, 4.69) is 11.4 Å². The van der Waals surface area contributed by atoms with E-state index in [1.807, 2.05) is 6.92 Å². The van der Waals surface area contributed by atoms with E-state index >= 15 is 0 Å². The highest BCUT2D eigenvalue weighted by Gasteiger charge is 2.29. The molecule has 0 bridgehead atoms. The number of aliphatic hydroxyl groups is 1. The molecule has 0 saturated heterocycles. The van der Waals surface area contributed by atoms with Gasteiger partial charge in [0.1, 0.15) is 5.82 Å². The van der Waals surface area contributed by atoms with Crippen LogP contribution in [0.3, 0.4) is 0 Å². The summed E-state index contributed by atoms with van der Waals surface area (Å²) in [5.74, 6) is -0.0903. The molecule has 0 aliphatic heterocycles. The summed E-state index contributed by atoms with van der Waals surface area (Å²) >= 11 is 1.78. The molecular formula is C16H17FOS. The van der Waals surface area contributed by atoms with Crippen LogP contribution in [0.1, 0.15) is 46.4 Å². The zero-order valence-corrected chi connectivity index (χ0v) is 11.7. The van der Waals surface area contributed by atoms with Gasteiger partial charge in [-0.25, -0.2) is 4.39 Å². The highest BCUT2D eigenvalue weighted by atomic mass is 32.1. The molecule has 2 unspecified atom stereocenters. The maximum Gasteiger partial charge on any atom is 0.123 e. The smallest absolute Gasteiger partial charge is 0.123 e. The molecule has 1 N–H and O–H groups in total. The average Bonchev–Trinajstić information content (AvgIpc) is 2.86. The minimum absolute atomic E-state index is 0.152. The van der Waals surface area contributed by atoms with E-state index in [1.165, 1.54) is 22.6 Å². The monoisotopic (exact) mass is 276 g/mol. The molecule has 100 valence electrons. The van der Waals surface area contributed by atoms with Crippen LogP contribution in [0.15, 0.2) is 29.6 Å². The van der Waals surface area contributed by atoms with Crippen molar-refractivity contribution in [1.82, 2.24) is 0 Å². The Morgan fingerprint density at radius 2 is 2.21 bits per heavy atom. The Balaban J connectivity index is 1.95. The molecule has 1 aliphatic carbocycles. The van der Waals surface area contributed by atoms with E-state index in [1.54, 1.807) is 17.4 Å². The molecule has 2 aromatic rings. The molecule has 3 heteroatoms. The van der Waals surface area contributed by atoms with Crippen molar-refractivity contribution in [1.29, 1.82) is 0 Å². The molecule has 0 amide bonds. The van der Waals surface area contributed by atoms with E-state index in [0.29, 0.717) is 0 Å². The Bertz CT molecular complexity index is 590. The van der Waals surface area contributed by atoms with Gasteiger partial charge >= 0.3 is 0 Å². The maximum atomic E-state index is 13.2. The Morgan fingerprint density at radius 1 is 1.37 bits per heavy atom. The van der Waals surface area contributed by atoms with E-state index in [-0.39, 0.29) is 11.7 Å². The highest BCUT2D eigenvalue weighted by molar-refractivity contribution is 7.10. The first-order valence-electron chi connectivity index (χ1n) is 6.67. The lowest BCUT2D eigenvalue weighted by Crippen LogP contribution is -2.16. The van der Waals surface area contributed by atoms with Crippen molar-refractivity contribution in [2.45, 2.75) is 38.2 Å². The molecule has 0 saturated carbocycles. The number of halogens is 1. The van der Waals surface area contributed by atoms with Gasteiger partial charge in [-0.15, -0.1) is 11.3 Å². The van der Waals surface area contributed by atoms with Crippen LogP contribution >= 0.6 is 11.3 Å². The number of thiophene rings is 1. The summed E-state index contributed by atoms with van der Waals surface area (Å²) in [7, 11) is 0. The van der Waals surface area contributed by atoms with Crippen LogP contribution in [0.5, 0.6) is 0 Å². The van der Waals surface area contributed by atoms with Gasteiger partial charge < -0.3 is 5.11 Å². The van der Waals surface area contributed by atoms with Gasteiger partial charge in [0.25, 0.3) is 0 Å². The summed E-state index contributed by atoms with van der Waals surface area (Å²) in [4.78, 5) is 1.40. The zero-order valence-electron chi connectivity index (χ0n) is 10.9. The third-order valence-corrected chi connectivity index (χ3v) is 5.03. The van der Waals surface area contributed by atoms with Crippen LogP contribution in [-0.4, -0.2) is 5.11 Å². The van der Waals surface area contributed by atoms with Crippen molar-refractivity contribution in [2.24, 2.45) is 0 Å². The minimum Gasteiger partial charge on any atom is -0.388 e. The summed E-state index contributed by atoms with van der Waals surface area (Å²) in [6.07, 6.45) is 2.71. The van der Waals surface area contributed by atoms with E-state index in [4.69, 9.17) is 0 Å². The number of rotatable bonds is 2. The summed E-state index contributed by atoms with van der Waals surface area (Å²) in [5.41, 5.74) is 2.97. The molecule has 1 nitrogen and oxygen atoms in total. The third kappa shape index (κ3) is 2.33. The lowest BCUT2D eigenvalue weighted by atomic mass is 9.80. The van der Waals surface area contributed by atoms with E-state index in [0.717, 1.165) is 30.4 Å². The zero-order chi connectivity index (χ0) is 13.4. The first-order valence-corrected chi connectivity index (χ1v) is 7.55. The molecule has 3 rings (SSSR count). The van der Waals surface area contributed by atoms with Gasteiger partial charge in [-0.05, 0) is 66.5 Å². The van der Waals surface area contributed by atoms with Crippen molar-refractivity contribution >= 4 is 11.3 Å². The predicted octanol–water partition coefficient (Wildman–Crippen LogP) is 4.35. The van der Waals surface area contributed by atoms with Crippen molar-refractivity contribution in [3.05, 3.63) is 57.0 Å². The van der Waals surface area contributed by atoms with Crippen molar-refractivity contribution in [2.75, 3.05) is 0 Å². The second-order valence-electron chi connectivity index (χ2n) is 5.24. The first kappa shape index (κ1) is 12.8. The van der Waals surface area contributed by atoms with Crippen LogP contribution in [0.25, 0.3) is 0 Å². The first-order chi connectivity index (χ1) is 9.16. The summed E-state index contributed by atoms with van der Waals surface area (Å²) in [6, 6.07) is 6.78. The molecule has 1 aromatic carbocycles. The fourth-order valence-electron chi connectivity index (χ4n) is 3.04. The number of fused-ring (bicyclic) bond motifs is 1. The SMILES string of the molecule is Cc1cc(F)ccc1C(O)C1CCCc2sccc21. The second kappa shape index (κ2) is 5.06. The summed E-state index contributed by atoms with van der Waals surface area (Å²) in [5, 5.41) is 12.8. The third-order valence-electron chi connectivity index (χ3n) is 4.03. The maximum absolute atomic E-state index is 13.2. The number of hydrogen-bond acceptors (Lipinski definition) is 2. The lowest BCUT2D eigenvalue weighted by molar-refractivity contribution is 0.135. The van der Waals surface area contributed by atoms with Crippen LogP contribution in [-0.2, 0) is 6.42 Å². The average molecular weight is 276 g/mol. The summed E-state index contributed by atoms with van der Waals surface area (Å²) < 4.78 is 13.2. The molecule has 19 heavy (non-hydrogen) atoms. The van der Waals surface area contributed by atoms with E-state index < -0.39 is 6.10 Å². The second-order valence-corrected chi connectivity index (χ2v) is 6.24. The van der Waals surface area contributed by atoms with Crippen molar-refractivity contribution < 1.29 is 9.50 Å². The quantitative estimate of drug-likeness (QED) is 0.864. The Labute approximate surface area is 116 Å². The van der Waals surface area contributed by atoms with Gasteiger partial charge in [-0.2, -0.15) is 0 Å². The fraction of sp³-hybridized carbons (Fsp3) is 0.375. The molecule has 1 aromatic heterocycles. The van der Waals surface area contributed by atoms with Gasteiger partial charge in [0.15, 0.2) is 0 Å². The number of aliphatic hydroxyl groups excluding tert-OH is 1. The van der Waals surface area contributed by atoms with Crippen LogP contribution < -0.4 is 0 Å². The van der Waals surface area contributed by atoms with Crippen LogP contribution in [0.2, 0.25) is 0 Å². The Morgan fingerprint density at radius 3 is 3.00 bits per heavy atom. The molecule has 0 radical (unpaired) electrons. The van der Waals surface area contributed by atoms with Crippen molar-refractivity contribution in [3.63, 3.8) is 0 Å². The van der Waals surface area contributed by atoms with Gasteiger partial charge in [-0.1, -0.05) is 6.07 Å². The number of benzene rings is 1. The summed E-state index contributed by atoms with van der Waals surface area (Å²) in [6.45, 7) is 1.86. The van der Waals surface area contributed by atoms with Gasteiger partial charge in [0, 0.05) is 10.8 Å². The normalized spacial score (nSPS) is 20.1. The van der Waals surface area contributed by atoms with Crippen molar-refractivity contribution in [3.8, 4) is 0 Å². The van der Waals surface area contributed by atoms with Gasteiger partial charge in [-0.3, -0.25) is 0 Å². The standard InChI is InChI=1S/C16H17FOS/c1-10-9-11(17)5-6-12(10)16(18)14-3-2-4-15-13(14)7-8-19-15/h5-9,14,16,18H,2-4H2,1H3. The fourth-order valence-corrected chi connectivity index (χ4v) is 4.03. The van der Waals surface area contributed by atoms with Crippen LogP contribution in [0, 0.1) is 12.7 Å². The molecule has 2 atom stereocenters. The lowest BCUT2D eigenvalue weighted by Gasteiger charge is -2.28. The Hall–Kier alpha value is -1.19.